The van der Waals surface area contributed by atoms with Crippen molar-refractivity contribution in [2.24, 2.45) is 0 Å². The standard InChI is InChI=1S/C14H10Cl2F2O/c15-11-4-2-9(5-13(11)18)14(19)6-8-1-3-10(17)7-12(8)16/h1-5,7,14,19H,6H2. The number of aliphatic hydroxyl groups excluding tert-OH is 1. The van der Waals surface area contributed by atoms with E-state index in [0.717, 1.165) is 0 Å². The Morgan fingerprint density at radius 2 is 1.74 bits per heavy atom. The quantitative estimate of drug-likeness (QED) is 0.882. The van der Waals surface area contributed by atoms with Gasteiger partial charge in [-0.05, 0) is 35.4 Å². The molecule has 100 valence electrons. The van der Waals surface area contributed by atoms with Crippen LogP contribution in [0, 0.1) is 11.6 Å². The van der Waals surface area contributed by atoms with Gasteiger partial charge in [0, 0.05) is 11.4 Å². The first-order valence-corrected chi connectivity index (χ1v) is 6.30. The number of hydrogen-bond acceptors (Lipinski definition) is 1. The van der Waals surface area contributed by atoms with E-state index in [1.165, 1.54) is 36.4 Å². The Hall–Kier alpha value is -1.16. The van der Waals surface area contributed by atoms with Gasteiger partial charge in [0.05, 0.1) is 11.1 Å². The van der Waals surface area contributed by atoms with Crippen LogP contribution in [0.3, 0.4) is 0 Å². The summed E-state index contributed by atoms with van der Waals surface area (Å²) in [5.74, 6) is -1.04. The number of rotatable bonds is 3. The van der Waals surface area contributed by atoms with Crippen molar-refractivity contribution < 1.29 is 13.9 Å². The summed E-state index contributed by atoms with van der Waals surface area (Å²) in [5.41, 5.74) is 0.980. The van der Waals surface area contributed by atoms with Crippen LogP contribution >= 0.6 is 23.2 Å². The molecular formula is C14H10Cl2F2O. The predicted molar refractivity (Wildman–Crippen MR) is 71.5 cm³/mol. The second-order valence-electron chi connectivity index (χ2n) is 4.13. The van der Waals surface area contributed by atoms with Gasteiger partial charge in [-0.15, -0.1) is 0 Å². The maximum absolute atomic E-state index is 13.3. The third-order valence-corrected chi connectivity index (χ3v) is 3.42. The van der Waals surface area contributed by atoms with E-state index in [1.54, 1.807) is 0 Å². The average molecular weight is 303 g/mol. The molecule has 0 aromatic heterocycles. The molecule has 2 aromatic rings. The van der Waals surface area contributed by atoms with Crippen LogP contribution in [0.2, 0.25) is 10.0 Å². The fraction of sp³-hybridized carbons (Fsp3) is 0.143. The molecule has 0 spiro atoms. The molecule has 0 fully saturated rings. The summed E-state index contributed by atoms with van der Waals surface area (Å²) < 4.78 is 26.2. The van der Waals surface area contributed by atoms with Gasteiger partial charge in [0.25, 0.3) is 0 Å². The molecule has 19 heavy (non-hydrogen) atoms. The Morgan fingerprint density at radius 1 is 1.00 bits per heavy atom. The van der Waals surface area contributed by atoms with Gasteiger partial charge in [-0.1, -0.05) is 35.3 Å². The minimum Gasteiger partial charge on any atom is -0.388 e. The Morgan fingerprint density at radius 3 is 2.37 bits per heavy atom. The number of aliphatic hydroxyl groups is 1. The maximum Gasteiger partial charge on any atom is 0.142 e. The highest BCUT2D eigenvalue weighted by Gasteiger charge is 2.13. The zero-order chi connectivity index (χ0) is 14.0. The second-order valence-corrected chi connectivity index (χ2v) is 4.94. The molecule has 0 saturated carbocycles. The SMILES string of the molecule is OC(Cc1ccc(F)cc1Cl)c1ccc(Cl)c(F)c1. The summed E-state index contributed by atoms with van der Waals surface area (Å²) >= 11 is 11.4. The van der Waals surface area contributed by atoms with E-state index < -0.39 is 17.7 Å². The van der Waals surface area contributed by atoms with Crippen molar-refractivity contribution in [3.63, 3.8) is 0 Å². The number of hydrogen-bond donors (Lipinski definition) is 1. The van der Waals surface area contributed by atoms with E-state index in [-0.39, 0.29) is 16.5 Å². The third-order valence-electron chi connectivity index (χ3n) is 2.76. The Bertz CT molecular complexity index is 602. The Balaban J connectivity index is 2.20. The molecule has 0 amide bonds. The molecule has 1 nitrogen and oxygen atoms in total. The van der Waals surface area contributed by atoms with Gasteiger partial charge in [-0.25, -0.2) is 8.78 Å². The average Bonchev–Trinajstić information content (AvgIpc) is 2.36. The molecule has 0 aliphatic heterocycles. The highest BCUT2D eigenvalue weighted by molar-refractivity contribution is 6.31. The first-order valence-electron chi connectivity index (χ1n) is 5.54. The van der Waals surface area contributed by atoms with Crippen molar-refractivity contribution in [3.05, 3.63) is 69.2 Å². The monoisotopic (exact) mass is 302 g/mol. The molecule has 2 rings (SSSR count). The second kappa shape index (κ2) is 5.87. The van der Waals surface area contributed by atoms with Gasteiger partial charge >= 0.3 is 0 Å². The summed E-state index contributed by atoms with van der Waals surface area (Å²) in [7, 11) is 0. The number of halogens is 4. The smallest absolute Gasteiger partial charge is 0.142 e. The zero-order valence-electron chi connectivity index (χ0n) is 9.71. The fourth-order valence-corrected chi connectivity index (χ4v) is 2.09. The molecular weight excluding hydrogens is 293 g/mol. The van der Waals surface area contributed by atoms with E-state index in [9.17, 15) is 13.9 Å². The van der Waals surface area contributed by atoms with Crippen LogP contribution in [-0.4, -0.2) is 5.11 Å². The lowest BCUT2D eigenvalue weighted by Gasteiger charge is -2.12. The molecule has 1 atom stereocenters. The summed E-state index contributed by atoms with van der Waals surface area (Å²) in [4.78, 5) is 0. The highest BCUT2D eigenvalue weighted by Crippen LogP contribution is 2.26. The van der Waals surface area contributed by atoms with Crippen LogP contribution in [0.4, 0.5) is 8.78 Å². The molecule has 0 radical (unpaired) electrons. The highest BCUT2D eigenvalue weighted by atomic mass is 35.5. The molecule has 0 heterocycles. The molecule has 0 aliphatic rings. The first-order chi connectivity index (χ1) is 8.97. The molecule has 0 bridgehead atoms. The third kappa shape index (κ3) is 3.44. The minimum absolute atomic E-state index is 0.00392. The van der Waals surface area contributed by atoms with Crippen LogP contribution in [0.1, 0.15) is 17.2 Å². The van der Waals surface area contributed by atoms with Crippen LogP contribution in [0.5, 0.6) is 0 Å². The maximum atomic E-state index is 13.3. The summed E-state index contributed by atoms with van der Waals surface area (Å²) in [5, 5.41) is 10.2. The van der Waals surface area contributed by atoms with Crippen molar-refractivity contribution in [2.75, 3.05) is 0 Å². The minimum atomic E-state index is -0.935. The Kier molecular flexibility index (Phi) is 4.40. The summed E-state index contributed by atoms with van der Waals surface area (Å²) in [6.45, 7) is 0. The summed E-state index contributed by atoms with van der Waals surface area (Å²) in [6.07, 6.45) is -0.769. The predicted octanol–water partition coefficient (Wildman–Crippen LogP) is 4.55. The van der Waals surface area contributed by atoms with Crippen molar-refractivity contribution in [3.8, 4) is 0 Å². The van der Waals surface area contributed by atoms with E-state index in [4.69, 9.17) is 23.2 Å². The largest absolute Gasteiger partial charge is 0.388 e. The molecule has 1 unspecified atom stereocenters. The molecule has 0 aliphatic carbocycles. The van der Waals surface area contributed by atoms with Crippen LogP contribution in [-0.2, 0) is 6.42 Å². The van der Waals surface area contributed by atoms with Gasteiger partial charge < -0.3 is 5.11 Å². The van der Waals surface area contributed by atoms with Gasteiger partial charge in [-0.2, -0.15) is 0 Å². The van der Waals surface area contributed by atoms with Gasteiger partial charge in [0.1, 0.15) is 11.6 Å². The topological polar surface area (TPSA) is 20.2 Å². The molecule has 5 heteroatoms. The lowest BCUT2D eigenvalue weighted by Crippen LogP contribution is -2.03. The number of benzene rings is 2. The first kappa shape index (κ1) is 14.3. The van der Waals surface area contributed by atoms with E-state index in [0.29, 0.717) is 11.1 Å². The summed E-state index contributed by atoms with van der Waals surface area (Å²) in [6, 6.07) is 8.01. The van der Waals surface area contributed by atoms with Crippen LogP contribution < -0.4 is 0 Å². The normalized spacial score (nSPS) is 12.5. The van der Waals surface area contributed by atoms with Gasteiger partial charge in [0.2, 0.25) is 0 Å². The molecule has 2 aromatic carbocycles. The van der Waals surface area contributed by atoms with E-state index in [2.05, 4.69) is 0 Å². The lowest BCUT2D eigenvalue weighted by atomic mass is 10.0. The van der Waals surface area contributed by atoms with E-state index in [1.807, 2.05) is 0 Å². The van der Waals surface area contributed by atoms with Gasteiger partial charge in [0.15, 0.2) is 0 Å². The lowest BCUT2D eigenvalue weighted by molar-refractivity contribution is 0.178. The van der Waals surface area contributed by atoms with Gasteiger partial charge in [-0.3, -0.25) is 0 Å². The van der Waals surface area contributed by atoms with Crippen molar-refractivity contribution >= 4 is 23.2 Å². The molecule has 1 N–H and O–H groups in total. The Labute approximate surface area is 119 Å². The fourth-order valence-electron chi connectivity index (χ4n) is 1.73. The zero-order valence-corrected chi connectivity index (χ0v) is 11.2. The van der Waals surface area contributed by atoms with Crippen LogP contribution in [0.15, 0.2) is 36.4 Å². The van der Waals surface area contributed by atoms with Crippen molar-refractivity contribution in [1.29, 1.82) is 0 Å². The molecule has 0 saturated heterocycles. The van der Waals surface area contributed by atoms with Crippen LogP contribution in [0.25, 0.3) is 0 Å². The van der Waals surface area contributed by atoms with Crippen molar-refractivity contribution in [2.45, 2.75) is 12.5 Å². The van der Waals surface area contributed by atoms with E-state index >= 15 is 0 Å². The van der Waals surface area contributed by atoms with Crippen molar-refractivity contribution in [1.82, 2.24) is 0 Å².